The molecule has 0 aromatic heterocycles. The van der Waals surface area contributed by atoms with Crippen LogP contribution in [0.3, 0.4) is 0 Å². The molecule has 0 spiro atoms. The zero-order valence-electron chi connectivity index (χ0n) is 12.8. The van der Waals surface area contributed by atoms with Crippen molar-refractivity contribution in [3.63, 3.8) is 0 Å². The molecule has 1 heterocycles. The maximum absolute atomic E-state index is 11.9. The number of hydrogen-bond acceptors (Lipinski definition) is 5. The van der Waals surface area contributed by atoms with Gasteiger partial charge in [0, 0.05) is 4.47 Å². The molecule has 1 amide bonds. The van der Waals surface area contributed by atoms with Gasteiger partial charge >= 0.3 is 6.09 Å². The largest absolute Gasteiger partial charge is 0.489 e. The van der Waals surface area contributed by atoms with Crippen LogP contribution in [0, 0.1) is 0 Å². The molecule has 1 aromatic carbocycles. The third-order valence-corrected chi connectivity index (χ3v) is 3.34. The average Bonchev–Trinajstić information content (AvgIpc) is 3.15. The van der Waals surface area contributed by atoms with Gasteiger partial charge in [-0.15, -0.1) is 0 Å². The van der Waals surface area contributed by atoms with E-state index in [0.29, 0.717) is 18.0 Å². The Morgan fingerprint density at radius 2 is 2.14 bits per heavy atom. The Morgan fingerprint density at radius 3 is 2.73 bits per heavy atom. The van der Waals surface area contributed by atoms with E-state index in [9.17, 15) is 4.79 Å². The Kier molecular flexibility index (Phi) is 5.31. The fourth-order valence-electron chi connectivity index (χ4n) is 1.79. The molecule has 122 valence electrons. The molecule has 0 unspecified atom stereocenters. The van der Waals surface area contributed by atoms with Crippen LogP contribution in [-0.4, -0.2) is 42.2 Å². The van der Waals surface area contributed by atoms with E-state index >= 15 is 0 Å². The Labute approximate surface area is 137 Å². The van der Waals surface area contributed by atoms with Gasteiger partial charge in [0.15, 0.2) is 0 Å². The summed E-state index contributed by atoms with van der Waals surface area (Å²) >= 11 is 3.36. The molecule has 1 fully saturated rings. The summed E-state index contributed by atoms with van der Waals surface area (Å²) in [6, 6.07) is 5.27. The molecule has 1 aromatic rings. The van der Waals surface area contributed by atoms with Gasteiger partial charge in [-0.2, -0.15) is 0 Å². The number of halogens is 1. The maximum atomic E-state index is 11.9. The molecule has 1 aliphatic heterocycles. The van der Waals surface area contributed by atoms with Crippen LogP contribution in [-0.2, 0) is 9.47 Å². The summed E-state index contributed by atoms with van der Waals surface area (Å²) in [6.07, 6.45) is -0.816. The highest BCUT2D eigenvalue weighted by Crippen LogP contribution is 2.31. The molecule has 2 rings (SSSR count). The van der Waals surface area contributed by atoms with Gasteiger partial charge in [0.2, 0.25) is 0 Å². The summed E-state index contributed by atoms with van der Waals surface area (Å²) in [5.41, 5.74) is -0.0601. The van der Waals surface area contributed by atoms with Crippen LogP contribution in [0.4, 0.5) is 10.5 Å². The van der Waals surface area contributed by atoms with Gasteiger partial charge in [0.05, 0.1) is 12.3 Å². The van der Waals surface area contributed by atoms with Crippen molar-refractivity contribution in [3.05, 3.63) is 22.7 Å². The minimum absolute atomic E-state index is 0.0183. The van der Waals surface area contributed by atoms with E-state index in [2.05, 4.69) is 21.2 Å². The third-order valence-electron chi connectivity index (χ3n) is 2.85. The smallest absolute Gasteiger partial charge is 0.412 e. The van der Waals surface area contributed by atoms with E-state index in [1.165, 1.54) is 0 Å². The van der Waals surface area contributed by atoms with Crippen molar-refractivity contribution in [2.24, 2.45) is 0 Å². The van der Waals surface area contributed by atoms with E-state index in [0.717, 1.165) is 4.47 Å². The highest BCUT2D eigenvalue weighted by molar-refractivity contribution is 9.10. The van der Waals surface area contributed by atoms with Crippen molar-refractivity contribution in [1.29, 1.82) is 0 Å². The fraction of sp³-hybridized carbons (Fsp3) is 0.533. The number of benzene rings is 1. The molecule has 2 N–H and O–H groups in total. The summed E-state index contributed by atoms with van der Waals surface area (Å²) < 4.78 is 16.9. The molecular formula is C15H20BrNO5. The number of aliphatic hydroxyl groups excluding tert-OH is 1. The number of epoxide rings is 1. The molecule has 0 aliphatic carbocycles. The Morgan fingerprint density at radius 1 is 1.41 bits per heavy atom. The maximum Gasteiger partial charge on any atom is 0.412 e. The predicted octanol–water partition coefficient (Wildman–Crippen LogP) is 2.93. The van der Waals surface area contributed by atoms with Crippen molar-refractivity contribution in [2.75, 3.05) is 18.5 Å². The highest BCUT2D eigenvalue weighted by Gasteiger charge is 2.38. The first kappa shape index (κ1) is 17.1. The fourth-order valence-corrected chi connectivity index (χ4v) is 2.13. The molecule has 22 heavy (non-hydrogen) atoms. The van der Waals surface area contributed by atoms with E-state index in [1.54, 1.807) is 39.0 Å². The third kappa shape index (κ3) is 5.15. The molecule has 0 saturated carbocycles. The van der Waals surface area contributed by atoms with Crippen molar-refractivity contribution < 1.29 is 24.1 Å². The van der Waals surface area contributed by atoms with Gasteiger partial charge in [-0.05, 0) is 39.0 Å². The first-order valence-corrected chi connectivity index (χ1v) is 7.76. The number of anilines is 1. The van der Waals surface area contributed by atoms with E-state index < -0.39 is 11.7 Å². The summed E-state index contributed by atoms with van der Waals surface area (Å²) in [5, 5.41) is 11.6. The first-order valence-electron chi connectivity index (χ1n) is 6.97. The average molecular weight is 374 g/mol. The second kappa shape index (κ2) is 6.85. The van der Waals surface area contributed by atoms with Crippen molar-refractivity contribution >= 4 is 27.7 Å². The number of aliphatic hydroxyl groups is 1. The monoisotopic (exact) mass is 373 g/mol. The van der Waals surface area contributed by atoms with Gasteiger partial charge in [0.1, 0.15) is 30.2 Å². The van der Waals surface area contributed by atoms with Crippen molar-refractivity contribution in [1.82, 2.24) is 0 Å². The summed E-state index contributed by atoms with van der Waals surface area (Å²) in [7, 11) is 0. The minimum Gasteiger partial charge on any atom is -0.489 e. The van der Waals surface area contributed by atoms with Gasteiger partial charge in [-0.25, -0.2) is 4.79 Å². The molecule has 1 saturated heterocycles. The second-order valence-corrected chi connectivity index (χ2v) is 6.89. The predicted molar refractivity (Wildman–Crippen MR) is 85.2 cm³/mol. The summed E-state index contributed by atoms with van der Waals surface area (Å²) in [4.78, 5) is 11.9. The lowest BCUT2D eigenvalue weighted by atomic mass is 10.2. The van der Waals surface area contributed by atoms with Crippen LogP contribution in [0.1, 0.15) is 20.8 Å². The number of rotatable bonds is 5. The van der Waals surface area contributed by atoms with Crippen LogP contribution in [0.2, 0.25) is 0 Å². The van der Waals surface area contributed by atoms with Crippen LogP contribution in [0.5, 0.6) is 5.75 Å². The quantitative estimate of drug-likeness (QED) is 0.775. The molecular weight excluding hydrogens is 354 g/mol. The Balaban J connectivity index is 1.99. The zero-order chi connectivity index (χ0) is 16.3. The van der Waals surface area contributed by atoms with E-state index in [-0.39, 0.29) is 18.8 Å². The standard InChI is InChI=1S/C15H20BrNO5/c1-15(2,3)22-14(19)17-10-5-4-9(16)6-11(10)20-8-13-12(7-18)21-13/h4-6,12-13,18H,7-8H2,1-3H3,(H,17,19)/t12-,13+/m0/s1. The van der Waals surface area contributed by atoms with Crippen LogP contribution < -0.4 is 10.1 Å². The van der Waals surface area contributed by atoms with Crippen molar-refractivity contribution in [3.8, 4) is 5.75 Å². The highest BCUT2D eigenvalue weighted by atomic mass is 79.9. The van der Waals surface area contributed by atoms with Crippen molar-refractivity contribution in [2.45, 2.75) is 38.6 Å². The number of amides is 1. The molecule has 2 atom stereocenters. The summed E-state index contributed by atoms with van der Waals surface area (Å²) in [6.45, 7) is 5.68. The molecule has 6 nitrogen and oxygen atoms in total. The number of hydrogen-bond donors (Lipinski definition) is 2. The lowest BCUT2D eigenvalue weighted by Gasteiger charge is -2.20. The minimum atomic E-state index is -0.573. The van der Waals surface area contributed by atoms with Crippen LogP contribution >= 0.6 is 15.9 Å². The van der Waals surface area contributed by atoms with E-state index in [4.69, 9.17) is 19.3 Å². The lowest BCUT2D eigenvalue weighted by molar-refractivity contribution is 0.0635. The number of carbonyl (C=O) groups excluding carboxylic acids is 1. The Bertz CT molecular complexity index is 543. The van der Waals surface area contributed by atoms with Crippen LogP contribution in [0.25, 0.3) is 0 Å². The molecule has 7 heteroatoms. The van der Waals surface area contributed by atoms with E-state index in [1.807, 2.05) is 0 Å². The first-order chi connectivity index (χ1) is 10.3. The second-order valence-electron chi connectivity index (χ2n) is 5.97. The Hall–Kier alpha value is -1.31. The van der Waals surface area contributed by atoms with Gasteiger partial charge in [-0.3, -0.25) is 5.32 Å². The lowest BCUT2D eigenvalue weighted by Crippen LogP contribution is -2.27. The molecule has 1 aliphatic rings. The van der Waals surface area contributed by atoms with Gasteiger partial charge < -0.3 is 19.3 Å². The van der Waals surface area contributed by atoms with Gasteiger partial charge in [-0.1, -0.05) is 15.9 Å². The zero-order valence-corrected chi connectivity index (χ0v) is 14.3. The van der Waals surface area contributed by atoms with Crippen LogP contribution in [0.15, 0.2) is 22.7 Å². The SMILES string of the molecule is CC(C)(C)OC(=O)Nc1ccc(Br)cc1OC[C@H]1O[C@H]1CO. The number of nitrogens with one attached hydrogen (secondary N) is 1. The molecule has 0 radical (unpaired) electrons. The number of carbonyl (C=O) groups is 1. The summed E-state index contributed by atoms with van der Waals surface area (Å²) in [5.74, 6) is 0.507. The van der Waals surface area contributed by atoms with Gasteiger partial charge in [0.25, 0.3) is 0 Å². The normalized spacial score (nSPS) is 20.4. The topological polar surface area (TPSA) is 80.3 Å². The molecule has 0 bridgehead atoms. The number of ether oxygens (including phenoxy) is 3.